The highest BCUT2D eigenvalue weighted by molar-refractivity contribution is 7.09. The Labute approximate surface area is 210 Å². The molecule has 3 heterocycles. The van der Waals surface area contributed by atoms with E-state index in [9.17, 15) is 32.7 Å². The third kappa shape index (κ3) is 4.08. The second-order valence-electron chi connectivity index (χ2n) is 8.65. The fourth-order valence-corrected chi connectivity index (χ4v) is 5.14. The summed E-state index contributed by atoms with van der Waals surface area (Å²) < 4.78 is 42.9. The molecular weight excluding hydrogens is 509 g/mol. The highest BCUT2D eigenvalue weighted by Gasteiger charge is 2.33. The SMILES string of the molecule is CN(C)c1cccc(Cn2c(C(=O)O)c(-n3c(=O)[nH]c4cscc4c3=O)c3cc(C(F)(F)F)ccc32)c1. The van der Waals surface area contributed by atoms with Gasteiger partial charge < -0.3 is 19.6 Å². The molecule has 37 heavy (non-hydrogen) atoms. The Hall–Kier alpha value is -4.32. The number of benzene rings is 2. The van der Waals surface area contributed by atoms with Crippen LogP contribution in [0, 0.1) is 0 Å². The first-order valence-corrected chi connectivity index (χ1v) is 11.9. The third-order valence-corrected chi connectivity index (χ3v) is 6.84. The van der Waals surface area contributed by atoms with Crippen molar-refractivity contribution in [3.63, 3.8) is 0 Å². The Balaban J connectivity index is 1.89. The molecule has 0 atom stereocenters. The van der Waals surface area contributed by atoms with Crippen LogP contribution in [0.5, 0.6) is 0 Å². The van der Waals surface area contributed by atoms with Crippen LogP contribution in [0.4, 0.5) is 18.9 Å². The lowest BCUT2D eigenvalue weighted by Crippen LogP contribution is -2.34. The van der Waals surface area contributed by atoms with Gasteiger partial charge in [-0.05, 0) is 35.9 Å². The molecule has 2 N–H and O–H groups in total. The lowest BCUT2D eigenvalue weighted by atomic mass is 10.1. The van der Waals surface area contributed by atoms with Gasteiger partial charge in [-0.2, -0.15) is 13.2 Å². The molecule has 2 aromatic carbocycles. The number of alkyl halides is 3. The Morgan fingerprint density at radius 3 is 2.51 bits per heavy atom. The first kappa shape index (κ1) is 24.4. The van der Waals surface area contributed by atoms with Gasteiger partial charge in [0, 0.05) is 42.5 Å². The molecule has 0 saturated carbocycles. The molecule has 0 saturated heterocycles. The molecule has 3 aromatic heterocycles. The van der Waals surface area contributed by atoms with Gasteiger partial charge >= 0.3 is 17.8 Å². The highest BCUT2D eigenvalue weighted by atomic mass is 32.1. The molecule has 190 valence electrons. The molecule has 5 rings (SSSR count). The van der Waals surface area contributed by atoms with Gasteiger partial charge in [0.05, 0.1) is 27.7 Å². The second kappa shape index (κ2) is 8.66. The van der Waals surface area contributed by atoms with E-state index < -0.39 is 40.3 Å². The van der Waals surface area contributed by atoms with E-state index in [1.165, 1.54) is 9.95 Å². The maximum atomic E-state index is 13.6. The lowest BCUT2D eigenvalue weighted by Gasteiger charge is -2.15. The van der Waals surface area contributed by atoms with Crippen LogP contribution >= 0.6 is 11.3 Å². The van der Waals surface area contributed by atoms with Gasteiger partial charge in [0.25, 0.3) is 5.56 Å². The second-order valence-corrected chi connectivity index (χ2v) is 9.40. The van der Waals surface area contributed by atoms with Crippen molar-refractivity contribution in [1.82, 2.24) is 14.1 Å². The van der Waals surface area contributed by atoms with Crippen LogP contribution in [-0.2, 0) is 12.7 Å². The van der Waals surface area contributed by atoms with Crippen LogP contribution < -0.4 is 16.1 Å². The summed E-state index contributed by atoms with van der Waals surface area (Å²) in [4.78, 5) is 43.3. The normalized spacial score (nSPS) is 11.9. The number of anilines is 1. The molecule has 0 spiro atoms. The summed E-state index contributed by atoms with van der Waals surface area (Å²) in [5.41, 5.74) is -1.82. The van der Waals surface area contributed by atoms with Crippen LogP contribution in [0.15, 0.2) is 62.8 Å². The molecule has 0 aliphatic rings. The summed E-state index contributed by atoms with van der Waals surface area (Å²) in [6, 6.07) is 9.98. The number of carbonyl (C=O) groups is 1. The standard InChI is InChI=1S/C25H19F3N4O4S/c1-30(2)15-5-3-4-13(8-15)10-31-19-7-6-14(25(26,27)28)9-16(19)20(21(31)23(34)35)32-22(33)17-11-37-12-18(17)29-24(32)36/h3-9,11-12H,10H2,1-2H3,(H,29,36)(H,34,35). The van der Waals surface area contributed by atoms with E-state index in [1.54, 1.807) is 17.5 Å². The zero-order valence-corrected chi connectivity index (χ0v) is 20.3. The summed E-state index contributed by atoms with van der Waals surface area (Å²) in [6.45, 7) is -0.0292. The van der Waals surface area contributed by atoms with Crippen LogP contribution in [0.25, 0.3) is 27.5 Å². The van der Waals surface area contributed by atoms with Gasteiger partial charge in [-0.25, -0.2) is 14.2 Å². The number of nitrogens with one attached hydrogen (secondary N) is 1. The van der Waals surface area contributed by atoms with E-state index >= 15 is 0 Å². The Kier molecular flexibility index (Phi) is 5.71. The van der Waals surface area contributed by atoms with Crippen molar-refractivity contribution in [2.45, 2.75) is 12.7 Å². The number of aromatic carboxylic acids is 1. The number of carboxylic acids is 1. The average Bonchev–Trinajstić information content (AvgIpc) is 3.41. The van der Waals surface area contributed by atoms with Crippen molar-refractivity contribution in [1.29, 1.82) is 0 Å². The Bertz CT molecular complexity index is 1810. The topological polar surface area (TPSA) is 100 Å². The molecule has 0 unspecified atom stereocenters. The van der Waals surface area contributed by atoms with E-state index in [1.807, 2.05) is 31.1 Å². The monoisotopic (exact) mass is 528 g/mol. The fraction of sp³-hybridized carbons (Fsp3) is 0.160. The van der Waals surface area contributed by atoms with E-state index in [-0.39, 0.29) is 28.4 Å². The molecular formula is C25H19F3N4O4S. The predicted molar refractivity (Wildman–Crippen MR) is 135 cm³/mol. The number of thiophene rings is 1. The van der Waals surface area contributed by atoms with Crippen LogP contribution in [0.1, 0.15) is 21.6 Å². The highest BCUT2D eigenvalue weighted by Crippen LogP contribution is 2.36. The first-order chi connectivity index (χ1) is 17.5. The number of halogens is 3. The van der Waals surface area contributed by atoms with Gasteiger partial charge in [0.2, 0.25) is 0 Å². The summed E-state index contributed by atoms with van der Waals surface area (Å²) in [5.74, 6) is -1.50. The number of rotatable bonds is 5. The molecule has 0 fully saturated rings. The fourth-order valence-electron chi connectivity index (χ4n) is 4.38. The van der Waals surface area contributed by atoms with Crippen molar-refractivity contribution < 1.29 is 23.1 Å². The molecule has 0 bridgehead atoms. The van der Waals surface area contributed by atoms with Crippen molar-refractivity contribution >= 4 is 44.8 Å². The number of H-pyrrole nitrogens is 1. The minimum atomic E-state index is -4.73. The third-order valence-electron chi connectivity index (χ3n) is 6.10. The van der Waals surface area contributed by atoms with Crippen LogP contribution in [0.2, 0.25) is 0 Å². The minimum Gasteiger partial charge on any atom is -0.477 e. The number of nitrogens with zero attached hydrogens (tertiary/aromatic N) is 3. The zero-order valence-electron chi connectivity index (χ0n) is 19.5. The molecule has 0 radical (unpaired) electrons. The van der Waals surface area contributed by atoms with Gasteiger partial charge in [-0.15, -0.1) is 11.3 Å². The summed E-state index contributed by atoms with van der Waals surface area (Å²) >= 11 is 1.15. The molecule has 0 aliphatic carbocycles. The molecule has 12 heteroatoms. The van der Waals surface area contributed by atoms with Crippen LogP contribution in [-0.4, -0.2) is 39.3 Å². The number of hydrogen-bond acceptors (Lipinski definition) is 5. The zero-order chi connectivity index (χ0) is 26.6. The number of carboxylic acid groups (broad SMARTS) is 1. The van der Waals surface area contributed by atoms with E-state index in [2.05, 4.69) is 4.98 Å². The Morgan fingerprint density at radius 1 is 1.08 bits per heavy atom. The lowest BCUT2D eigenvalue weighted by molar-refractivity contribution is -0.137. The minimum absolute atomic E-state index is 0.0292. The summed E-state index contributed by atoms with van der Waals surface area (Å²) in [5, 5.41) is 13.2. The smallest absolute Gasteiger partial charge is 0.416 e. The van der Waals surface area contributed by atoms with E-state index in [0.717, 1.165) is 35.2 Å². The van der Waals surface area contributed by atoms with Crippen molar-refractivity contribution in [3.05, 3.63) is 90.9 Å². The molecule has 0 amide bonds. The number of fused-ring (bicyclic) bond motifs is 2. The summed E-state index contributed by atoms with van der Waals surface area (Å²) in [6.07, 6.45) is -4.73. The largest absolute Gasteiger partial charge is 0.477 e. The number of aromatic amines is 1. The maximum absolute atomic E-state index is 13.6. The Morgan fingerprint density at radius 2 is 1.84 bits per heavy atom. The van der Waals surface area contributed by atoms with E-state index in [0.29, 0.717) is 10.1 Å². The molecule has 5 aromatic rings. The average molecular weight is 529 g/mol. The molecule has 0 aliphatic heterocycles. The van der Waals surface area contributed by atoms with Crippen molar-refractivity contribution in [2.75, 3.05) is 19.0 Å². The number of hydrogen-bond donors (Lipinski definition) is 2. The van der Waals surface area contributed by atoms with Crippen molar-refractivity contribution in [2.24, 2.45) is 0 Å². The number of aromatic nitrogens is 3. The predicted octanol–water partition coefficient (Wildman–Crippen LogP) is 4.53. The maximum Gasteiger partial charge on any atom is 0.416 e. The summed E-state index contributed by atoms with van der Waals surface area (Å²) in [7, 11) is 3.67. The quantitative estimate of drug-likeness (QED) is 0.349. The molecule has 8 nitrogen and oxygen atoms in total. The van der Waals surface area contributed by atoms with Crippen LogP contribution in [0.3, 0.4) is 0 Å². The van der Waals surface area contributed by atoms with Crippen molar-refractivity contribution in [3.8, 4) is 5.69 Å². The van der Waals surface area contributed by atoms with E-state index in [4.69, 9.17) is 0 Å². The van der Waals surface area contributed by atoms with Gasteiger partial charge in [0.15, 0.2) is 5.69 Å². The van der Waals surface area contributed by atoms with Gasteiger partial charge in [-0.1, -0.05) is 12.1 Å². The first-order valence-electron chi connectivity index (χ1n) is 10.9. The van der Waals surface area contributed by atoms with Gasteiger partial charge in [0.1, 0.15) is 0 Å². The van der Waals surface area contributed by atoms with Gasteiger partial charge in [-0.3, -0.25) is 4.79 Å².